The van der Waals surface area contributed by atoms with Gasteiger partial charge >= 0.3 is 6.18 Å². The number of alkyl halides is 3. The molecule has 3 N–H and O–H groups in total. The molecule has 2 aromatic carbocycles. The van der Waals surface area contributed by atoms with E-state index in [0.717, 1.165) is 24.3 Å². The Labute approximate surface area is 212 Å². The number of aromatic nitrogens is 1. The van der Waals surface area contributed by atoms with E-state index in [2.05, 4.69) is 10.3 Å². The van der Waals surface area contributed by atoms with Crippen LogP contribution in [0.25, 0.3) is 5.57 Å². The molecule has 0 radical (unpaired) electrons. The first-order chi connectivity index (χ1) is 17.6. The van der Waals surface area contributed by atoms with Gasteiger partial charge in [0, 0.05) is 35.1 Å². The predicted molar refractivity (Wildman–Crippen MR) is 126 cm³/mol. The van der Waals surface area contributed by atoms with Gasteiger partial charge in [-0.2, -0.15) is 13.2 Å². The number of pyridine rings is 1. The van der Waals surface area contributed by atoms with Crippen LogP contribution in [0.1, 0.15) is 27.0 Å². The minimum atomic E-state index is -4.80. The van der Waals surface area contributed by atoms with E-state index >= 15 is 0 Å². The number of aliphatic hydroxyl groups is 2. The van der Waals surface area contributed by atoms with E-state index < -0.39 is 41.2 Å². The van der Waals surface area contributed by atoms with Crippen LogP contribution >= 0.6 is 11.6 Å². The van der Waals surface area contributed by atoms with Crippen molar-refractivity contribution in [1.29, 1.82) is 0 Å². The lowest BCUT2D eigenvalue weighted by Crippen LogP contribution is -2.21. The number of fused-ring (bicyclic) bond motifs is 1. The fraction of sp³-hybridized carbons (Fsp3) is 0.200. The van der Waals surface area contributed by atoms with Crippen molar-refractivity contribution >= 4 is 28.8 Å². The number of carbonyl (C=O) groups excluding carboxylic acids is 1. The molecule has 2 heterocycles. The number of nitrogens with one attached hydrogen (secondary N) is 1. The molecule has 194 valence electrons. The number of rotatable bonds is 7. The highest BCUT2D eigenvalue weighted by atomic mass is 35.5. The largest absolute Gasteiger partial charge is 0.489 e. The third-order valence-corrected chi connectivity index (χ3v) is 5.65. The van der Waals surface area contributed by atoms with E-state index in [9.17, 15) is 27.5 Å². The average molecular weight is 539 g/mol. The Bertz CT molecular complexity index is 1360. The Morgan fingerprint density at radius 1 is 1.19 bits per heavy atom. The van der Waals surface area contributed by atoms with E-state index in [0.29, 0.717) is 5.56 Å². The maximum Gasteiger partial charge on any atom is 0.417 e. The molecule has 1 aromatic heterocycles. The second-order valence-electron chi connectivity index (χ2n) is 7.93. The summed E-state index contributed by atoms with van der Waals surface area (Å²) in [7, 11) is 0. The number of hydrogen-bond acceptors (Lipinski definition) is 6. The lowest BCUT2D eigenvalue weighted by atomic mass is 9.90. The number of nitrogens with zero attached hydrogens (tertiary/aromatic N) is 1. The number of halogens is 5. The lowest BCUT2D eigenvalue weighted by molar-refractivity contribution is -0.137. The molecule has 1 amide bonds. The highest BCUT2D eigenvalue weighted by molar-refractivity contribution is 6.32. The molecule has 1 aliphatic heterocycles. The van der Waals surface area contributed by atoms with E-state index in [1.165, 1.54) is 30.5 Å². The van der Waals surface area contributed by atoms with E-state index in [4.69, 9.17) is 26.2 Å². The molecule has 1 aliphatic rings. The van der Waals surface area contributed by atoms with Gasteiger partial charge in [0.1, 0.15) is 30.9 Å². The standard InChI is InChI=1S/C25H19ClF4N2O5/c26-21-10-19(24(35)32-14-3-5-31-23(8-14)37-12-15(34)11-33)18(9-20(21)25(28,29)30)16-4-6-36-22-7-13(27)1-2-17(16)22/h1-5,7-10,15,33-34H,6,11-12H2,(H,31,32,35)/t15-/m1/s1. The topological polar surface area (TPSA) is 101 Å². The minimum Gasteiger partial charge on any atom is -0.489 e. The summed E-state index contributed by atoms with van der Waals surface area (Å²) < 4.78 is 65.5. The number of carbonyl (C=O) groups is 1. The van der Waals surface area contributed by atoms with Gasteiger partial charge in [-0.25, -0.2) is 9.37 Å². The van der Waals surface area contributed by atoms with Crippen molar-refractivity contribution in [1.82, 2.24) is 4.98 Å². The highest BCUT2D eigenvalue weighted by Gasteiger charge is 2.35. The molecular formula is C25H19ClF4N2O5. The van der Waals surface area contributed by atoms with Gasteiger partial charge in [0.05, 0.1) is 17.2 Å². The predicted octanol–water partition coefficient (Wildman–Crippen LogP) is 4.70. The normalized spacial score (nSPS) is 13.8. The molecule has 12 heteroatoms. The fourth-order valence-corrected chi connectivity index (χ4v) is 3.89. The Morgan fingerprint density at radius 3 is 2.70 bits per heavy atom. The summed E-state index contributed by atoms with van der Waals surface area (Å²) in [5.74, 6) is -1.23. The number of aliphatic hydroxyl groups excluding tert-OH is 2. The van der Waals surface area contributed by atoms with Crippen LogP contribution in [0.4, 0.5) is 23.2 Å². The zero-order valence-electron chi connectivity index (χ0n) is 18.9. The van der Waals surface area contributed by atoms with Crippen LogP contribution in [0.15, 0.2) is 54.7 Å². The van der Waals surface area contributed by atoms with Gasteiger partial charge in [-0.3, -0.25) is 4.79 Å². The minimum absolute atomic E-state index is 0.0269. The maximum atomic E-state index is 13.7. The lowest BCUT2D eigenvalue weighted by Gasteiger charge is -2.22. The summed E-state index contributed by atoms with van der Waals surface area (Å²) in [5, 5.41) is 20.2. The number of amides is 1. The third-order valence-electron chi connectivity index (χ3n) is 5.33. The molecule has 4 rings (SSSR count). The highest BCUT2D eigenvalue weighted by Crippen LogP contribution is 2.42. The molecule has 0 saturated carbocycles. The van der Waals surface area contributed by atoms with Gasteiger partial charge in [0.25, 0.3) is 5.91 Å². The quantitative estimate of drug-likeness (QED) is 0.377. The second kappa shape index (κ2) is 10.8. The summed E-state index contributed by atoms with van der Waals surface area (Å²) in [5.41, 5.74) is -0.652. The molecular weight excluding hydrogens is 520 g/mol. The van der Waals surface area contributed by atoms with Gasteiger partial charge in [-0.05, 0) is 47.5 Å². The van der Waals surface area contributed by atoms with Crippen LogP contribution in [-0.4, -0.2) is 47.0 Å². The summed E-state index contributed by atoms with van der Waals surface area (Å²) in [6.07, 6.45) is -3.14. The molecule has 0 bridgehead atoms. The van der Waals surface area contributed by atoms with Crippen molar-refractivity contribution in [2.45, 2.75) is 12.3 Å². The van der Waals surface area contributed by atoms with Crippen molar-refractivity contribution in [3.63, 3.8) is 0 Å². The van der Waals surface area contributed by atoms with Crippen molar-refractivity contribution in [3.05, 3.63) is 87.8 Å². The third kappa shape index (κ3) is 6.01. The number of hydrogen-bond donors (Lipinski definition) is 3. The number of ether oxygens (including phenoxy) is 2. The summed E-state index contributed by atoms with van der Waals surface area (Å²) in [6.45, 7) is -0.831. The summed E-state index contributed by atoms with van der Waals surface area (Å²) in [4.78, 5) is 17.2. The first kappa shape index (κ1) is 26.4. The van der Waals surface area contributed by atoms with Crippen LogP contribution in [0, 0.1) is 5.82 Å². The molecule has 0 fully saturated rings. The van der Waals surface area contributed by atoms with Crippen molar-refractivity contribution in [3.8, 4) is 11.6 Å². The van der Waals surface area contributed by atoms with Crippen LogP contribution in [-0.2, 0) is 6.18 Å². The van der Waals surface area contributed by atoms with E-state index in [1.807, 2.05) is 0 Å². The smallest absolute Gasteiger partial charge is 0.417 e. The first-order valence-corrected chi connectivity index (χ1v) is 11.2. The molecule has 0 spiro atoms. The monoisotopic (exact) mass is 538 g/mol. The molecule has 7 nitrogen and oxygen atoms in total. The van der Waals surface area contributed by atoms with Crippen LogP contribution < -0.4 is 14.8 Å². The Morgan fingerprint density at radius 2 is 1.97 bits per heavy atom. The molecule has 3 aromatic rings. The van der Waals surface area contributed by atoms with Gasteiger partial charge in [-0.15, -0.1) is 0 Å². The second-order valence-corrected chi connectivity index (χ2v) is 8.34. The van der Waals surface area contributed by atoms with Crippen LogP contribution in [0.5, 0.6) is 11.6 Å². The van der Waals surface area contributed by atoms with Crippen molar-refractivity contribution in [2.24, 2.45) is 0 Å². The molecule has 0 saturated heterocycles. The van der Waals surface area contributed by atoms with Crippen LogP contribution in [0.3, 0.4) is 0 Å². The van der Waals surface area contributed by atoms with Crippen molar-refractivity contribution < 1.29 is 42.0 Å². The summed E-state index contributed by atoms with van der Waals surface area (Å²) in [6, 6.07) is 8.04. The molecule has 0 unspecified atom stereocenters. The van der Waals surface area contributed by atoms with Gasteiger partial charge in [-0.1, -0.05) is 11.6 Å². The SMILES string of the molecule is O=C(Nc1ccnc(OC[C@H](O)CO)c1)c1cc(Cl)c(C(F)(F)F)cc1C1=CCOc2cc(F)ccc21. The average Bonchev–Trinajstić information content (AvgIpc) is 2.86. The Hall–Kier alpha value is -3.67. The molecule has 1 atom stereocenters. The fourth-order valence-electron chi connectivity index (χ4n) is 3.62. The van der Waals surface area contributed by atoms with Gasteiger partial charge in [0.15, 0.2) is 0 Å². The first-order valence-electron chi connectivity index (χ1n) is 10.8. The maximum absolute atomic E-state index is 13.7. The van der Waals surface area contributed by atoms with Crippen LogP contribution in [0.2, 0.25) is 5.02 Å². The molecule has 0 aliphatic carbocycles. The number of anilines is 1. The van der Waals surface area contributed by atoms with Crippen molar-refractivity contribution in [2.75, 3.05) is 25.1 Å². The summed E-state index contributed by atoms with van der Waals surface area (Å²) >= 11 is 5.93. The molecule has 37 heavy (non-hydrogen) atoms. The Balaban J connectivity index is 1.73. The number of benzene rings is 2. The van der Waals surface area contributed by atoms with Gasteiger partial charge < -0.3 is 25.0 Å². The zero-order valence-corrected chi connectivity index (χ0v) is 19.6. The van der Waals surface area contributed by atoms with E-state index in [1.54, 1.807) is 0 Å². The van der Waals surface area contributed by atoms with E-state index in [-0.39, 0.29) is 47.2 Å². The Kier molecular flexibility index (Phi) is 7.67. The zero-order chi connectivity index (χ0) is 26.7. The van der Waals surface area contributed by atoms with Gasteiger partial charge in [0.2, 0.25) is 5.88 Å².